The van der Waals surface area contributed by atoms with E-state index in [1.165, 1.54) is 0 Å². The van der Waals surface area contributed by atoms with E-state index in [2.05, 4.69) is 21.8 Å². The van der Waals surface area contributed by atoms with Gasteiger partial charge in [-0.25, -0.2) is 14.8 Å². The van der Waals surface area contributed by atoms with E-state index in [0.29, 0.717) is 32.6 Å². The minimum Gasteiger partial charge on any atom is -0.353 e. The monoisotopic (exact) mass is 422 g/mol. The number of para-hydroxylation sites is 2. The fourth-order valence-corrected chi connectivity index (χ4v) is 4.34. The van der Waals surface area contributed by atoms with Gasteiger partial charge < -0.3 is 9.80 Å². The van der Waals surface area contributed by atoms with Crippen molar-refractivity contribution in [2.45, 2.75) is 46.7 Å². The molecule has 0 bridgehead atoms. The zero-order chi connectivity index (χ0) is 22.0. The molecule has 31 heavy (non-hydrogen) atoms. The maximum atomic E-state index is 12.9. The zero-order valence-electron chi connectivity index (χ0n) is 18.5. The lowest BCUT2D eigenvalue weighted by Crippen LogP contribution is -2.49. The number of nitrogens with zero attached hydrogens (tertiary/aromatic N) is 6. The molecule has 0 radical (unpaired) electrons. The van der Waals surface area contributed by atoms with Crippen LogP contribution in [0.15, 0.2) is 35.1 Å². The first-order chi connectivity index (χ1) is 15.0. The fraction of sp³-hybridized carbons (Fsp3) is 0.478. The lowest BCUT2D eigenvalue weighted by Gasteiger charge is -2.35. The van der Waals surface area contributed by atoms with Crippen molar-refractivity contribution >= 4 is 22.8 Å². The van der Waals surface area contributed by atoms with Gasteiger partial charge in [-0.05, 0) is 32.4 Å². The van der Waals surface area contributed by atoms with Crippen molar-refractivity contribution in [2.75, 3.05) is 31.1 Å². The number of hydrogen-bond donors (Lipinski definition) is 0. The highest BCUT2D eigenvalue weighted by atomic mass is 16.2. The normalized spacial score (nSPS) is 14.4. The summed E-state index contributed by atoms with van der Waals surface area (Å²) in [5, 5.41) is 0. The van der Waals surface area contributed by atoms with E-state index in [1.54, 1.807) is 4.57 Å². The number of carbonyl (C=O) groups excluding carboxylic acids is 1. The quantitative estimate of drug-likeness (QED) is 0.610. The van der Waals surface area contributed by atoms with Crippen LogP contribution in [0.2, 0.25) is 0 Å². The predicted molar refractivity (Wildman–Crippen MR) is 121 cm³/mol. The third-order valence-electron chi connectivity index (χ3n) is 5.83. The summed E-state index contributed by atoms with van der Waals surface area (Å²) in [5.74, 6) is 1.78. The van der Waals surface area contributed by atoms with Crippen molar-refractivity contribution < 1.29 is 4.79 Å². The number of carbonyl (C=O) groups is 1. The fourth-order valence-electron chi connectivity index (χ4n) is 4.34. The van der Waals surface area contributed by atoms with Gasteiger partial charge in [0.25, 0.3) is 0 Å². The first-order valence-electron chi connectivity index (χ1n) is 11.0. The van der Waals surface area contributed by atoms with Gasteiger partial charge in [0.1, 0.15) is 11.6 Å². The number of aryl methyl sites for hydroxylation is 4. The smallest absolute Gasteiger partial charge is 0.329 e. The Morgan fingerprint density at radius 1 is 0.968 bits per heavy atom. The lowest BCUT2D eigenvalue weighted by atomic mass is 10.2. The Hall–Kier alpha value is -3.16. The van der Waals surface area contributed by atoms with E-state index < -0.39 is 0 Å². The molecule has 0 unspecified atom stereocenters. The second kappa shape index (κ2) is 8.91. The molecule has 1 aliphatic heterocycles. The second-order valence-corrected chi connectivity index (χ2v) is 8.11. The van der Waals surface area contributed by atoms with Gasteiger partial charge in [0, 0.05) is 57.4 Å². The third-order valence-corrected chi connectivity index (χ3v) is 5.83. The van der Waals surface area contributed by atoms with E-state index in [-0.39, 0.29) is 11.6 Å². The van der Waals surface area contributed by atoms with Crippen LogP contribution in [-0.4, -0.2) is 56.1 Å². The van der Waals surface area contributed by atoms with Gasteiger partial charge in [-0.15, -0.1) is 0 Å². The molecule has 8 heteroatoms. The summed E-state index contributed by atoms with van der Waals surface area (Å²) < 4.78 is 3.55. The highest BCUT2D eigenvalue weighted by Gasteiger charge is 2.23. The summed E-state index contributed by atoms with van der Waals surface area (Å²) in [4.78, 5) is 38.7. The average Bonchev–Trinajstić information content (AvgIpc) is 3.03. The molecule has 1 aromatic carbocycles. The van der Waals surface area contributed by atoms with E-state index in [9.17, 15) is 9.59 Å². The Kier molecular flexibility index (Phi) is 6.06. The standard InChI is InChI=1S/C23H30N6O2/c1-4-10-28-19-7-5-6-8-20(19)29(23(28)31)11-9-22(30)27-14-12-26(13-15-27)21-16-17(2)24-18(3)25-21/h5-8,16H,4,9-15H2,1-3H3. The highest BCUT2D eigenvalue weighted by molar-refractivity contribution is 5.78. The Labute approximate surface area is 182 Å². The molecule has 164 valence electrons. The Morgan fingerprint density at radius 2 is 1.61 bits per heavy atom. The maximum Gasteiger partial charge on any atom is 0.329 e. The molecular formula is C23H30N6O2. The van der Waals surface area contributed by atoms with Gasteiger partial charge in [0.2, 0.25) is 5.91 Å². The van der Waals surface area contributed by atoms with Crippen molar-refractivity contribution in [1.29, 1.82) is 0 Å². The molecule has 0 saturated carbocycles. The number of fused-ring (bicyclic) bond motifs is 1. The van der Waals surface area contributed by atoms with Crippen molar-refractivity contribution in [3.05, 3.63) is 52.3 Å². The molecule has 8 nitrogen and oxygen atoms in total. The molecule has 1 fully saturated rings. The number of anilines is 1. The zero-order valence-corrected chi connectivity index (χ0v) is 18.5. The molecule has 0 N–H and O–H groups in total. The number of amides is 1. The summed E-state index contributed by atoms with van der Waals surface area (Å²) in [5.41, 5.74) is 2.75. The van der Waals surface area contributed by atoms with E-state index in [4.69, 9.17) is 0 Å². The molecule has 1 saturated heterocycles. The van der Waals surface area contributed by atoms with Crippen LogP contribution < -0.4 is 10.6 Å². The second-order valence-electron chi connectivity index (χ2n) is 8.11. The molecular weight excluding hydrogens is 392 g/mol. The number of aromatic nitrogens is 4. The van der Waals surface area contributed by atoms with Gasteiger partial charge in [0.05, 0.1) is 11.0 Å². The van der Waals surface area contributed by atoms with Crippen LogP contribution in [0, 0.1) is 13.8 Å². The van der Waals surface area contributed by atoms with Gasteiger partial charge in [-0.3, -0.25) is 13.9 Å². The molecule has 4 rings (SSSR count). The van der Waals surface area contributed by atoms with E-state index >= 15 is 0 Å². The number of hydrogen-bond acceptors (Lipinski definition) is 5. The highest BCUT2D eigenvalue weighted by Crippen LogP contribution is 2.17. The van der Waals surface area contributed by atoms with Crippen LogP contribution in [0.1, 0.15) is 31.3 Å². The largest absolute Gasteiger partial charge is 0.353 e. The summed E-state index contributed by atoms with van der Waals surface area (Å²) in [6.45, 7) is 9.83. The van der Waals surface area contributed by atoms with Crippen LogP contribution in [0.5, 0.6) is 0 Å². The molecule has 3 heterocycles. The SMILES string of the molecule is CCCn1c(=O)n(CCC(=O)N2CCN(c3cc(C)nc(C)n3)CC2)c2ccccc21. The first kappa shape index (κ1) is 21.1. The van der Waals surface area contributed by atoms with Gasteiger partial charge in [0.15, 0.2) is 0 Å². The van der Waals surface area contributed by atoms with Crippen LogP contribution in [0.25, 0.3) is 11.0 Å². The number of piperazine rings is 1. The van der Waals surface area contributed by atoms with Crippen LogP contribution >= 0.6 is 0 Å². The van der Waals surface area contributed by atoms with E-state index in [1.807, 2.05) is 53.6 Å². The minimum absolute atomic E-state index is 0.0322. The average molecular weight is 423 g/mol. The van der Waals surface area contributed by atoms with Crippen LogP contribution in [-0.2, 0) is 17.9 Å². The van der Waals surface area contributed by atoms with Crippen molar-refractivity contribution in [3.8, 4) is 0 Å². The maximum absolute atomic E-state index is 12.9. The molecule has 3 aromatic rings. The van der Waals surface area contributed by atoms with Gasteiger partial charge in [-0.1, -0.05) is 19.1 Å². The van der Waals surface area contributed by atoms with Crippen molar-refractivity contribution in [1.82, 2.24) is 24.0 Å². The third kappa shape index (κ3) is 4.33. The Morgan fingerprint density at radius 3 is 2.23 bits per heavy atom. The molecule has 2 aromatic heterocycles. The number of imidazole rings is 1. The molecule has 0 aliphatic carbocycles. The molecule has 0 atom stereocenters. The van der Waals surface area contributed by atoms with Crippen LogP contribution in [0.3, 0.4) is 0 Å². The molecule has 0 spiro atoms. The van der Waals surface area contributed by atoms with E-state index in [0.717, 1.165) is 47.9 Å². The Balaban J connectivity index is 1.40. The summed E-state index contributed by atoms with van der Waals surface area (Å²) in [6.07, 6.45) is 1.22. The number of rotatable bonds is 6. The van der Waals surface area contributed by atoms with Crippen molar-refractivity contribution in [2.24, 2.45) is 0 Å². The summed E-state index contributed by atoms with van der Waals surface area (Å²) in [7, 11) is 0. The predicted octanol–water partition coefficient (Wildman–Crippen LogP) is 2.36. The lowest BCUT2D eigenvalue weighted by molar-refractivity contribution is -0.131. The number of benzene rings is 1. The topological polar surface area (TPSA) is 76.3 Å². The van der Waals surface area contributed by atoms with Gasteiger partial charge >= 0.3 is 5.69 Å². The van der Waals surface area contributed by atoms with Gasteiger partial charge in [-0.2, -0.15) is 0 Å². The first-order valence-corrected chi connectivity index (χ1v) is 11.0. The van der Waals surface area contributed by atoms with Crippen molar-refractivity contribution in [3.63, 3.8) is 0 Å². The summed E-state index contributed by atoms with van der Waals surface area (Å²) in [6, 6.07) is 9.80. The van der Waals surface area contributed by atoms with Crippen LogP contribution in [0.4, 0.5) is 5.82 Å². The molecule has 1 aliphatic rings. The summed E-state index contributed by atoms with van der Waals surface area (Å²) >= 11 is 0. The minimum atomic E-state index is -0.0322. The molecule has 1 amide bonds. The Bertz CT molecular complexity index is 1120.